The van der Waals surface area contributed by atoms with Crippen molar-refractivity contribution >= 4 is 32.8 Å². The van der Waals surface area contributed by atoms with Gasteiger partial charge in [-0.25, -0.2) is 18.7 Å². The number of fused-ring (bicyclic) bond motifs is 4. The summed E-state index contributed by atoms with van der Waals surface area (Å²) in [5.74, 6) is 1.96. The maximum Gasteiger partial charge on any atom is 0.123 e. The predicted octanol–water partition coefficient (Wildman–Crippen LogP) is 11.8. The third kappa shape index (κ3) is 7.45. The molecule has 10 heteroatoms. The molecule has 0 radical (unpaired) electrons. The van der Waals surface area contributed by atoms with Gasteiger partial charge in [0.25, 0.3) is 0 Å². The highest BCUT2D eigenvalue weighted by molar-refractivity contribution is 5.83. The fourth-order valence-electron chi connectivity index (χ4n) is 11.2. The summed E-state index contributed by atoms with van der Waals surface area (Å²) >= 11 is 0. The van der Waals surface area contributed by atoms with Crippen molar-refractivity contribution in [3.63, 3.8) is 0 Å². The van der Waals surface area contributed by atoms with Crippen LogP contribution in [0.4, 0.5) is 8.78 Å². The Hall–Kier alpha value is -5.58. The van der Waals surface area contributed by atoms with Crippen LogP contribution in [0.15, 0.2) is 110 Å². The molecule has 2 atom stereocenters. The van der Waals surface area contributed by atoms with E-state index >= 15 is 0 Å². The Labute approximate surface area is 359 Å². The van der Waals surface area contributed by atoms with Gasteiger partial charge in [-0.3, -0.25) is 9.97 Å². The zero-order valence-corrected chi connectivity index (χ0v) is 34.8. The van der Waals surface area contributed by atoms with Crippen molar-refractivity contribution in [2.75, 3.05) is 0 Å². The Morgan fingerprint density at radius 3 is 1.27 bits per heavy atom. The van der Waals surface area contributed by atoms with E-state index in [1.165, 1.54) is 60.1 Å². The second kappa shape index (κ2) is 16.3. The minimum absolute atomic E-state index is 0.215. The lowest BCUT2D eigenvalue weighted by Crippen LogP contribution is -2.21. The first-order chi connectivity index (χ1) is 30.4. The van der Waals surface area contributed by atoms with Crippen LogP contribution in [0, 0.1) is 23.5 Å². The standard InChI is InChI=1S/2C26H26FN3O/c2*27-19-7-8-23-22(13-19)20(9-11-29-23)16-3-5-18(6-4-16)26(31)25-21(17-1-2-17)10-12-30-15-28-14-24(25)30/h2*7-18,26,31H,1-6H2/t2*16?,18?,26-/m10/s1. The first-order valence-electron chi connectivity index (χ1n) is 22.7. The number of aliphatic hydroxyl groups excluding tert-OH is 2. The number of imidazole rings is 2. The van der Waals surface area contributed by atoms with Gasteiger partial charge in [-0.1, -0.05) is 0 Å². The van der Waals surface area contributed by atoms with E-state index in [-0.39, 0.29) is 23.5 Å². The summed E-state index contributed by atoms with van der Waals surface area (Å²) in [6.07, 6.45) is 26.9. The van der Waals surface area contributed by atoms with Gasteiger partial charge in [-0.15, -0.1) is 0 Å². The van der Waals surface area contributed by atoms with Gasteiger partial charge < -0.3 is 19.0 Å². The van der Waals surface area contributed by atoms with Crippen molar-refractivity contribution in [3.05, 3.63) is 156 Å². The summed E-state index contributed by atoms with van der Waals surface area (Å²) in [5, 5.41) is 24.8. The molecule has 0 saturated heterocycles. The molecule has 62 heavy (non-hydrogen) atoms. The van der Waals surface area contributed by atoms with Gasteiger partial charge in [-0.05, 0) is 195 Å². The molecule has 4 saturated carbocycles. The van der Waals surface area contributed by atoms with E-state index in [4.69, 9.17) is 0 Å². The zero-order chi connectivity index (χ0) is 41.9. The van der Waals surface area contributed by atoms with E-state index in [2.05, 4.69) is 44.5 Å². The molecule has 0 aliphatic heterocycles. The van der Waals surface area contributed by atoms with Crippen molar-refractivity contribution in [2.24, 2.45) is 11.8 Å². The highest BCUT2D eigenvalue weighted by Crippen LogP contribution is 2.50. The van der Waals surface area contributed by atoms with Gasteiger partial charge in [0.05, 0.1) is 59.3 Å². The molecule has 6 heterocycles. The van der Waals surface area contributed by atoms with Crippen molar-refractivity contribution in [1.29, 1.82) is 0 Å². The average Bonchev–Trinajstić information content (AvgIpc) is 4.24. The predicted molar refractivity (Wildman–Crippen MR) is 237 cm³/mol. The molecule has 2 N–H and O–H groups in total. The Morgan fingerprint density at radius 2 is 0.871 bits per heavy atom. The lowest BCUT2D eigenvalue weighted by molar-refractivity contribution is 0.0809. The summed E-state index contributed by atoms with van der Waals surface area (Å²) in [6.45, 7) is 0. The Bertz CT molecular complexity index is 2710. The fourth-order valence-corrected chi connectivity index (χ4v) is 11.2. The van der Waals surface area contributed by atoms with Crippen LogP contribution in [0.2, 0.25) is 0 Å². The molecule has 8 aromatic rings. The molecule has 0 spiro atoms. The second-order valence-electron chi connectivity index (χ2n) is 18.5. The van der Waals surface area contributed by atoms with Crippen LogP contribution in [0.1, 0.15) is 146 Å². The lowest BCUT2D eigenvalue weighted by Gasteiger charge is -2.33. The molecule has 4 aliphatic carbocycles. The molecule has 316 valence electrons. The summed E-state index contributed by atoms with van der Waals surface area (Å²) in [5.41, 5.74) is 10.9. The molecule has 4 aliphatic rings. The van der Waals surface area contributed by atoms with Crippen LogP contribution < -0.4 is 0 Å². The number of hydrogen-bond acceptors (Lipinski definition) is 6. The van der Waals surface area contributed by atoms with Crippen molar-refractivity contribution in [2.45, 2.75) is 113 Å². The summed E-state index contributed by atoms with van der Waals surface area (Å²) in [7, 11) is 0. The lowest BCUT2D eigenvalue weighted by atomic mass is 9.74. The van der Waals surface area contributed by atoms with E-state index in [0.717, 1.165) is 95.3 Å². The first kappa shape index (κ1) is 39.3. The Morgan fingerprint density at radius 1 is 0.484 bits per heavy atom. The smallest absolute Gasteiger partial charge is 0.123 e. The van der Waals surface area contributed by atoms with Gasteiger partial charge in [0.1, 0.15) is 11.6 Å². The SMILES string of the molecule is O[C@@H](c1c(C2CC2)ccn2cncc12)C1CCC(c2ccnc3ccc(F)cc23)CC1.O[C@H](c1c(C2CC2)ccn2cncc12)C1CCC(c2ccnc3ccc(F)cc23)CC1. The van der Waals surface area contributed by atoms with Crippen LogP contribution in [0.25, 0.3) is 32.8 Å². The number of pyridine rings is 4. The van der Waals surface area contributed by atoms with Gasteiger partial charge in [0.15, 0.2) is 0 Å². The average molecular weight is 831 g/mol. The summed E-state index contributed by atoms with van der Waals surface area (Å²) in [6, 6.07) is 18.1. The van der Waals surface area contributed by atoms with Crippen LogP contribution >= 0.6 is 0 Å². The van der Waals surface area contributed by atoms with Gasteiger partial charge >= 0.3 is 0 Å². The first-order valence-corrected chi connectivity index (χ1v) is 22.7. The molecule has 8 nitrogen and oxygen atoms in total. The Kier molecular flexibility index (Phi) is 10.3. The number of aromatic nitrogens is 6. The van der Waals surface area contributed by atoms with Crippen molar-refractivity contribution in [3.8, 4) is 0 Å². The highest BCUT2D eigenvalue weighted by atomic mass is 19.1. The molecule has 0 unspecified atom stereocenters. The molecular weight excluding hydrogens is 779 g/mol. The molecule has 2 aromatic carbocycles. The number of benzene rings is 2. The Balaban J connectivity index is 0.000000139. The normalized spacial score (nSPS) is 22.8. The van der Waals surface area contributed by atoms with Gasteiger partial charge in [0, 0.05) is 46.7 Å². The second-order valence-corrected chi connectivity index (χ2v) is 18.5. The molecular formula is C52H52F2N6O2. The van der Waals surface area contributed by atoms with Crippen LogP contribution in [0.3, 0.4) is 0 Å². The molecule has 0 bridgehead atoms. The molecule has 12 rings (SSSR count). The minimum atomic E-state index is -0.469. The van der Waals surface area contributed by atoms with Crippen molar-refractivity contribution < 1.29 is 19.0 Å². The van der Waals surface area contributed by atoms with E-state index in [0.29, 0.717) is 23.7 Å². The monoisotopic (exact) mass is 830 g/mol. The third-order valence-electron chi connectivity index (χ3n) is 14.8. The molecule has 6 aromatic heterocycles. The van der Waals surface area contributed by atoms with Crippen LogP contribution in [-0.2, 0) is 0 Å². The number of hydrogen-bond donors (Lipinski definition) is 2. The van der Waals surface area contributed by atoms with E-state index < -0.39 is 12.2 Å². The summed E-state index contributed by atoms with van der Waals surface area (Å²) < 4.78 is 31.8. The fraction of sp³-hybridized carbons (Fsp3) is 0.385. The summed E-state index contributed by atoms with van der Waals surface area (Å²) in [4.78, 5) is 17.4. The number of halogens is 2. The largest absolute Gasteiger partial charge is 0.388 e. The van der Waals surface area contributed by atoms with Crippen molar-refractivity contribution in [1.82, 2.24) is 28.7 Å². The number of rotatable bonds is 8. The number of aliphatic hydroxyl groups is 2. The van der Waals surface area contributed by atoms with Crippen LogP contribution in [0.5, 0.6) is 0 Å². The maximum absolute atomic E-state index is 13.9. The third-order valence-corrected chi connectivity index (χ3v) is 14.8. The molecule has 0 amide bonds. The number of nitrogens with zero attached hydrogens (tertiary/aromatic N) is 6. The van der Waals surface area contributed by atoms with E-state index in [1.807, 2.05) is 58.4 Å². The van der Waals surface area contributed by atoms with Crippen LogP contribution in [-0.4, -0.2) is 39.0 Å². The maximum atomic E-state index is 13.9. The van der Waals surface area contributed by atoms with Gasteiger partial charge in [0.2, 0.25) is 0 Å². The van der Waals surface area contributed by atoms with E-state index in [9.17, 15) is 19.0 Å². The molecule has 4 fully saturated rings. The van der Waals surface area contributed by atoms with E-state index in [1.54, 1.807) is 24.3 Å². The quantitative estimate of drug-likeness (QED) is 0.158. The zero-order valence-electron chi connectivity index (χ0n) is 34.8. The van der Waals surface area contributed by atoms with Gasteiger partial charge in [-0.2, -0.15) is 0 Å². The highest BCUT2D eigenvalue weighted by Gasteiger charge is 2.36. The minimum Gasteiger partial charge on any atom is -0.388 e. The topological polar surface area (TPSA) is 101 Å².